The zero-order chi connectivity index (χ0) is 14.8. The number of alkyl halides is 2. The standard InChI is InChI=1S/C16H26F2O3/c17-14-13(21-9-10-3-5-12(19)6-4-10)8-11-2-1-7-20-16(11)15(14)18/h10-16,19H,1-9H2. The number of hydrogen-bond donors (Lipinski definition) is 1. The van der Waals surface area contributed by atoms with Crippen LogP contribution in [0.4, 0.5) is 8.78 Å². The minimum absolute atomic E-state index is 0.0962. The summed E-state index contributed by atoms with van der Waals surface area (Å²) in [6.07, 6.45) is 1.31. The molecule has 0 spiro atoms. The maximum atomic E-state index is 14.2. The highest BCUT2D eigenvalue weighted by atomic mass is 19.2. The molecular formula is C16H26F2O3. The first-order chi connectivity index (χ1) is 10.1. The van der Waals surface area contributed by atoms with E-state index in [9.17, 15) is 13.9 Å². The van der Waals surface area contributed by atoms with Crippen LogP contribution in [0.3, 0.4) is 0 Å². The van der Waals surface area contributed by atoms with Gasteiger partial charge in [-0.1, -0.05) is 0 Å². The molecule has 0 aromatic rings. The molecule has 3 fully saturated rings. The maximum absolute atomic E-state index is 14.2. The number of aliphatic hydroxyl groups is 1. The van der Waals surface area contributed by atoms with Crippen LogP contribution in [-0.4, -0.2) is 49.0 Å². The van der Waals surface area contributed by atoms with Crippen LogP contribution < -0.4 is 0 Å². The van der Waals surface area contributed by atoms with Crippen LogP contribution in [-0.2, 0) is 9.47 Å². The summed E-state index contributed by atoms with van der Waals surface area (Å²) in [7, 11) is 0. The van der Waals surface area contributed by atoms with Crippen molar-refractivity contribution < 1.29 is 23.4 Å². The number of aliphatic hydroxyl groups excluding tert-OH is 1. The van der Waals surface area contributed by atoms with E-state index in [1.807, 2.05) is 0 Å². The Morgan fingerprint density at radius 2 is 1.81 bits per heavy atom. The number of rotatable bonds is 3. The second kappa shape index (κ2) is 6.88. The molecule has 1 aliphatic heterocycles. The fourth-order valence-electron chi connectivity index (χ4n) is 4.02. The second-order valence-corrected chi connectivity index (χ2v) is 6.91. The maximum Gasteiger partial charge on any atom is 0.160 e. The molecule has 3 nitrogen and oxygen atoms in total. The summed E-state index contributed by atoms with van der Waals surface area (Å²) in [6.45, 7) is 1.03. The van der Waals surface area contributed by atoms with Gasteiger partial charge >= 0.3 is 0 Å². The quantitative estimate of drug-likeness (QED) is 0.871. The van der Waals surface area contributed by atoms with Crippen LogP contribution in [0.1, 0.15) is 44.9 Å². The van der Waals surface area contributed by atoms with Gasteiger partial charge in [0.15, 0.2) is 12.3 Å². The average molecular weight is 304 g/mol. The second-order valence-electron chi connectivity index (χ2n) is 6.91. The lowest BCUT2D eigenvalue weighted by Gasteiger charge is -2.43. The van der Waals surface area contributed by atoms with Crippen molar-refractivity contribution in [3.63, 3.8) is 0 Å². The van der Waals surface area contributed by atoms with Gasteiger partial charge in [0.1, 0.15) is 0 Å². The smallest absolute Gasteiger partial charge is 0.160 e. The molecule has 1 N–H and O–H groups in total. The Hall–Kier alpha value is -0.260. The van der Waals surface area contributed by atoms with E-state index in [1.165, 1.54) is 0 Å². The van der Waals surface area contributed by atoms with Crippen LogP contribution in [0.25, 0.3) is 0 Å². The van der Waals surface area contributed by atoms with Gasteiger partial charge in [-0.2, -0.15) is 0 Å². The van der Waals surface area contributed by atoms with Crippen LogP contribution in [0, 0.1) is 11.8 Å². The molecule has 21 heavy (non-hydrogen) atoms. The lowest BCUT2D eigenvalue weighted by Crippen LogP contribution is -2.53. The third kappa shape index (κ3) is 3.57. The topological polar surface area (TPSA) is 38.7 Å². The van der Waals surface area contributed by atoms with E-state index in [2.05, 4.69) is 0 Å². The number of halogens is 2. The first-order valence-electron chi connectivity index (χ1n) is 8.34. The van der Waals surface area contributed by atoms with Crippen molar-refractivity contribution in [3.8, 4) is 0 Å². The summed E-state index contributed by atoms with van der Waals surface area (Å²) in [6, 6.07) is 0. The molecule has 122 valence electrons. The van der Waals surface area contributed by atoms with Gasteiger partial charge in [0.2, 0.25) is 0 Å². The molecule has 3 aliphatic rings. The monoisotopic (exact) mass is 304 g/mol. The Kier molecular flexibility index (Phi) is 5.12. The summed E-state index contributed by atoms with van der Waals surface area (Å²) < 4.78 is 39.5. The Balaban J connectivity index is 1.50. The predicted molar refractivity (Wildman–Crippen MR) is 74.6 cm³/mol. The summed E-state index contributed by atoms with van der Waals surface area (Å²) in [5.41, 5.74) is 0. The molecule has 0 bridgehead atoms. The van der Waals surface area contributed by atoms with Gasteiger partial charge in [-0.3, -0.25) is 0 Å². The Morgan fingerprint density at radius 1 is 1.05 bits per heavy atom. The molecule has 1 saturated heterocycles. The SMILES string of the molecule is OC1CCC(COC2CC3CCCOC3C(F)C2F)CC1. The lowest BCUT2D eigenvalue weighted by atomic mass is 9.78. The Morgan fingerprint density at radius 3 is 2.57 bits per heavy atom. The normalized spacial score (nSPS) is 47.9. The van der Waals surface area contributed by atoms with E-state index in [0.717, 1.165) is 38.5 Å². The highest BCUT2D eigenvalue weighted by Gasteiger charge is 2.48. The van der Waals surface area contributed by atoms with Crippen LogP contribution in [0.2, 0.25) is 0 Å². The molecule has 2 saturated carbocycles. The molecule has 5 atom stereocenters. The zero-order valence-electron chi connectivity index (χ0n) is 12.4. The minimum Gasteiger partial charge on any atom is -0.393 e. The first-order valence-corrected chi connectivity index (χ1v) is 8.34. The zero-order valence-corrected chi connectivity index (χ0v) is 12.4. The van der Waals surface area contributed by atoms with Gasteiger partial charge in [-0.15, -0.1) is 0 Å². The molecule has 3 rings (SSSR count). The summed E-state index contributed by atoms with van der Waals surface area (Å²) in [5.74, 6) is 0.470. The first kappa shape index (κ1) is 15.6. The summed E-state index contributed by atoms with van der Waals surface area (Å²) in [4.78, 5) is 0. The number of fused-ring (bicyclic) bond motifs is 1. The molecule has 5 unspecified atom stereocenters. The number of ether oxygens (including phenoxy) is 2. The van der Waals surface area contributed by atoms with Gasteiger partial charge in [0, 0.05) is 13.2 Å². The predicted octanol–water partition coefficient (Wildman–Crippen LogP) is 2.80. The van der Waals surface area contributed by atoms with E-state index < -0.39 is 24.6 Å². The van der Waals surface area contributed by atoms with Gasteiger partial charge < -0.3 is 14.6 Å². The van der Waals surface area contributed by atoms with Crippen molar-refractivity contribution in [1.29, 1.82) is 0 Å². The largest absolute Gasteiger partial charge is 0.393 e. The average Bonchev–Trinajstić information content (AvgIpc) is 2.51. The van der Waals surface area contributed by atoms with Crippen molar-refractivity contribution in [3.05, 3.63) is 0 Å². The Labute approximate surface area is 125 Å². The van der Waals surface area contributed by atoms with E-state index in [0.29, 0.717) is 25.6 Å². The van der Waals surface area contributed by atoms with Gasteiger partial charge in [0.05, 0.1) is 18.3 Å². The molecule has 1 heterocycles. The van der Waals surface area contributed by atoms with Crippen molar-refractivity contribution in [2.75, 3.05) is 13.2 Å². The van der Waals surface area contributed by atoms with Crippen molar-refractivity contribution in [2.24, 2.45) is 11.8 Å². The van der Waals surface area contributed by atoms with Crippen LogP contribution in [0.5, 0.6) is 0 Å². The van der Waals surface area contributed by atoms with Crippen LogP contribution >= 0.6 is 0 Å². The van der Waals surface area contributed by atoms with E-state index >= 15 is 0 Å². The van der Waals surface area contributed by atoms with Gasteiger partial charge in [-0.05, 0) is 56.8 Å². The number of hydrogen-bond acceptors (Lipinski definition) is 3. The third-order valence-electron chi connectivity index (χ3n) is 5.36. The third-order valence-corrected chi connectivity index (χ3v) is 5.36. The Bertz CT molecular complexity index is 331. The van der Waals surface area contributed by atoms with Crippen molar-refractivity contribution in [2.45, 2.75) is 75.6 Å². The fraction of sp³-hybridized carbons (Fsp3) is 1.00. The fourth-order valence-corrected chi connectivity index (χ4v) is 4.02. The van der Waals surface area contributed by atoms with Crippen LogP contribution in [0.15, 0.2) is 0 Å². The molecule has 5 heteroatoms. The molecular weight excluding hydrogens is 278 g/mol. The molecule has 0 aromatic carbocycles. The van der Waals surface area contributed by atoms with Crippen molar-refractivity contribution in [1.82, 2.24) is 0 Å². The summed E-state index contributed by atoms with van der Waals surface area (Å²) in [5, 5.41) is 9.49. The van der Waals surface area contributed by atoms with E-state index in [4.69, 9.17) is 9.47 Å². The van der Waals surface area contributed by atoms with Gasteiger partial charge in [-0.25, -0.2) is 8.78 Å². The summed E-state index contributed by atoms with van der Waals surface area (Å²) >= 11 is 0. The lowest BCUT2D eigenvalue weighted by molar-refractivity contribution is -0.163. The van der Waals surface area contributed by atoms with Crippen molar-refractivity contribution >= 4 is 0 Å². The molecule has 0 amide bonds. The highest BCUT2D eigenvalue weighted by Crippen LogP contribution is 2.38. The van der Waals surface area contributed by atoms with Gasteiger partial charge in [0.25, 0.3) is 0 Å². The van der Waals surface area contributed by atoms with E-state index in [-0.39, 0.29) is 12.0 Å². The molecule has 2 aliphatic carbocycles. The highest BCUT2D eigenvalue weighted by molar-refractivity contribution is 4.96. The molecule has 0 radical (unpaired) electrons. The van der Waals surface area contributed by atoms with E-state index in [1.54, 1.807) is 0 Å². The molecule has 0 aromatic heterocycles. The minimum atomic E-state index is -1.57.